The Labute approximate surface area is 98.7 Å². The largest absolute Gasteiger partial charge is 0.302 e. The maximum absolute atomic E-state index is 12.7. The fraction of sp³-hybridized carbons (Fsp3) is 0. The van der Waals surface area contributed by atoms with E-state index in [-0.39, 0.29) is 39.5 Å². The normalized spacial score (nSPS) is 11.9. The third-order valence-electron chi connectivity index (χ3n) is 1.08. The van der Waals surface area contributed by atoms with Crippen LogP contribution in [0.5, 0.6) is 0 Å². The van der Waals surface area contributed by atoms with Crippen molar-refractivity contribution in [3.63, 3.8) is 0 Å². The molecule has 0 heterocycles. The first-order chi connectivity index (χ1) is 5.11. The van der Waals surface area contributed by atoms with Gasteiger partial charge in [-0.15, -0.1) is 0 Å². The summed E-state index contributed by atoms with van der Waals surface area (Å²) in [6.07, 6.45) is 0. The van der Waals surface area contributed by atoms with E-state index >= 15 is 0 Å². The smallest absolute Gasteiger partial charge is 0.189 e. The molecule has 0 bridgehead atoms. The first kappa shape index (κ1) is 12.6. The molecule has 0 aliphatic carbocycles. The van der Waals surface area contributed by atoms with Crippen molar-refractivity contribution in [1.29, 1.82) is 0 Å². The topological polar surface area (TPSA) is 37.3 Å². The number of hydrogen-bond acceptors (Lipinski definition) is 1. The molecule has 0 aromatic heterocycles. The molecule has 0 saturated heterocycles. The van der Waals surface area contributed by atoms with E-state index in [1.54, 1.807) is 0 Å². The van der Waals surface area contributed by atoms with Crippen molar-refractivity contribution in [2.45, 2.75) is 4.90 Å². The van der Waals surface area contributed by atoms with Crippen molar-refractivity contribution in [1.82, 2.24) is 0 Å². The Bertz CT molecular complexity index is 308. The van der Waals surface area contributed by atoms with Gasteiger partial charge in [0.05, 0.1) is 0 Å². The molecule has 1 atom stereocenters. The van der Waals surface area contributed by atoms with Gasteiger partial charge < -0.3 is 4.55 Å². The summed E-state index contributed by atoms with van der Waals surface area (Å²) in [7, 11) is 0. The molecule has 1 N–H and O–H groups in total. The maximum atomic E-state index is 12.7. The molecule has 12 heavy (non-hydrogen) atoms. The van der Waals surface area contributed by atoms with Crippen molar-refractivity contribution in [2.24, 2.45) is 0 Å². The van der Waals surface area contributed by atoms with Gasteiger partial charge in [0.1, 0.15) is 10.7 Å². The monoisotopic (exact) mass is 217 g/mol. The van der Waals surface area contributed by atoms with E-state index in [0.717, 1.165) is 6.07 Å². The molecule has 2 nitrogen and oxygen atoms in total. The standard InChI is InChI=1S/C6H4ClFO2S.Na/c7-4-1-2-6(11(9)10)5(8)3-4;/h1-3H,(H,9,10);. The minimum absolute atomic E-state index is 0. The number of hydrogen-bond donors (Lipinski definition) is 1. The van der Waals surface area contributed by atoms with Gasteiger partial charge in [-0.05, 0) is 18.2 Å². The minimum Gasteiger partial charge on any atom is -0.302 e. The van der Waals surface area contributed by atoms with Crippen LogP contribution in [0.1, 0.15) is 0 Å². The van der Waals surface area contributed by atoms with E-state index in [0.29, 0.717) is 0 Å². The zero-order valence-electron chi connectivity index (χ0n) is 6.25. The van der Waals surface area contributed by atoms with Crippen LogP contribution in [0.2, 0.25) is 5.02 Å². The van der Waals surface area contributed by atoms with Crippen LogP contribution in [-0.4, -0.2) is 38.3 Å². The second-order valence-electron chi connectivity index (χ2n) is 1.82. The molecule has 1 unspecified atom stereocenters. The second-order valence-corrected chi connectivity index (χ2v) is 3.20. The van der Waals surface area contributed by atoms with Gasteiger partial charge in [-0.25, -0.2) is 8.60 Å². The Morgan fingerprint density at radius 2 is 2.08 bits per heavy atom. The number of benzene rings is 1. The van der Waals surface area contributed by atoms with E-state index in [4.69, 9.17) is 16.2 Å². The average molecular weight is 218 g/mol. The fourth-order valence-corrected chi connectivity index (χ4v) is 1.19. The van der Waals surface area contributed by atoms with Crippen LogP contribution in [0.4, 0.5) is 4.39 Å². The van der Waals surface area contributed by atoms with Crippen LogP contribution < -0.4 is 0 Å². The molecule has 1 radical (unpaired) electrons. The van der Waals surface area contributed by atoms with Gasteiger partial charge >= 0.3 is 0 Å². The van der Waals surface area contributed by atoms with Crippen molar-refractivity contribution >= 4 is 52.2 Å². The Kier molecular flexibility index (Phi) is 5.56. The van der Waals surface area contributed by atoms with Crippen LogP contribution in [0.25, 0.3) is 0 Å². The van der Waals surface area contributed by atoms with Crippen molar-refractivity contribution in [2.75, 3.05) is 0 Å². The van der Waals surface area contributed by atoms with Gasteiger partial charge in [-0.3, -0.25) is 0 Å². The first-order valence-corrected chi connectivity index (χ1v) is 4.15. The average Bonchev–Trinajstić information content (AvgIpc) is 1.85. The van der Waals surface area contributed by atoms with E-state index in [1.165, 1.54) is 12.1 Å². The molecule has 0 saturated carbocycles. The Morgan fingerprint density at radius 3 is 2.50 bits per heavy atom. The quantitative estimate of drug-likeness (QED) is 0.574. The van der Waals surface area contributed by atoms with Crippen LogP contribution in [0.15, 0.2) is 23.1 Å². The summed E-state index contributed by atoms with van der Waals surface area (Å²) >= 11 is 3.12. The van der Waals surface area contributed by atoms with Gasteiger partial charge in [-0.2, -0.15) is 0 Å². The molecule has 61 valence electrons. The van der Waals surface area contributed by atoms with Gasteiger partial charge in [0.2, 0.25) is 0 Å². The predicted octanol–water partition coefficient (Wildman–Crippen LogP) is 1.68. The maximum Gasteiger partial charge on any atom is 0.189 e. The third-order valence-corrected chi connectivity index (χ3v) is 2.02. The summed E-state index contributed by atoms with van der Waals surface area (Å²) in [5.74, 6) is -0.765. The molecular formula is C6H4ClFNaO2S. The molecule has 1 aromatic rings. The molecule has 0 aliphatic rings. The summed E-state index contributed by atoms with van der Waals surface area (Å²) in [5, 5.41) is 0.205. The van der Waals surface area contributed by atoms with Crippen LogP contribution >= 0.6 is 11.6 Å². The van der Waals surface area contributed by atoms with E-state index in [2.05, 4.69) is 0 Å². The van der Waals surface area contributed by atoms with Crippen LogP contribution in [-0.2, 0) is 11.1 Å². The van der Waals surface area contributed by atoms with E-state index < -0.39 is 16.9 Å². The molecule has 1 aromatic carbocycles. The SMILES string of the molecule is O=S(O)c1ccc(Cl)cc1F.[Na]. The minimum atomic E-state index is -2.28. The molecule has 0 spiro atoms. The zero-order valence-corrected chi connectivity index (χ0v) is 9.82. The van der Waals surface area contributed by atoms with E-state index in [9.17, 15) is 8.60 Å². The van der Waals surface area contributed by atoms with E-state index in [1.807, 2.05) is 0 Å². The molecule has 0 aliphatic heterocycles. The van der Waals surface area contributed by atoms with Crippen LogP contribution in [0.3, 0.4) is 0 Å². The summed E-state index contributed by atoms with van der Waals surface area (Å²) < 4.78 is 31.5. The Hall–Kier alpha value is 0.550. The Balaban J connectivity index is 0.00000121. The molecule has 1 rings (SSSR count). The predicted molar refractivity (Wildman–Crippen MR) is 46.2 cm³/mol. The van der Waals surface area contributed by atoms with Crippen molar-refractivity contribution < 1.29 is 13.2 Å². The van der Waals surface area contributed by atoms with Gasteiger partial charge in [0, 0.05) is 34.6 Å². The van der Waals surface area contributed by atoms with Crippen LogP contribution in [0, 0.1) is 5.82 Å². The second kappa shape index (κ2) is 5.32. The zero-order chi connectivity index (χ0) is 8.43. The molecule has 6 heteroatoms. The van der Waals surface area contributed by atoms with Crippen molar-refractivity contribution in [3.8, 4) is 0 Å². The number of halogens is 2. The van der Waals surface area contributed by atoms with Crippen molar-refractivity contribution in [3.05, 3.63) is 29.0 Å². The van der Waals surface area contributed by atoms with Gasteiger partial charge in [0.25, 0.3) is 0 Å². The van der Waals surface area contributed by atoms with Gasteiger partial charge in [0.15, 0.2) is 11.1 Å². The summed E-state index contributed by atoms with van der Waals surface area (Å²) in [6.45, 7) is 0. The molecular weight excluding hydrogens is 214 g/mol. The first-order valence-electron chi connectivity index (χ1n) is 2.67. The fourth-order valence-electron chi connectivity index (χ4n) is 0.617. The van der Waals surface area contributed by atoms with Gasteiger partial charge in [-0.1, -0.05) is 11.6 Å². The summed E-state index contributed by atoms with van der Waals surface area (Å²) in [5.41, 5.74) is 0. The Morgan fingerprint density at radius 1 is 1.50 bits per heavy atom. The summed E-state index contributed by atoms with van der Waals surface area (Å²) in [6, 6.07) is 3.52. The summed E-state index contributed by atoms with van der Waals surface area (Å²) in [4.78, 5) is -0.255. The molecule has 0 amide bonds. The number of rotatable bonds is 1. The molecule has 0 fully saturated rings. The third kappa shape index (κ3) is 3.12.